The van der Waals surface area contributed by atoms with Crippen molar-refractivity contribution in [2.75, 3.05) is 0 Å². The minimum absolute atomic E-state index is 0. The highest BCUT2D eigenvalue weighted by Crippen LogP contribution is 2.07. The van der Waals surface area contributed by atoms with Gasteiger partial charge in [0.05, 0.1) is 12.2 Å². The van der Waals surface area contributed by atoms with E-state index in [-0.39, 0.29) is 18.2 Å². The van der Waals surface area contributed by atoms with E-state index in [4.69, 9.17) is 5.73 Å². The van der Waals surface area contributed by atoms with Crippen molar-refractivity contribution in [2.24, 2.45) is 5.73 Å². The smallest absolute Gasteiger partial charge is 0.123 e. The topological polar surface area (TPSA) is 43.8 Å². The lowest BCUT2D eigenvalue weighted by atomic mass is 10.2. The molecule has 0 bridgehead atoms. The molecular weight excluding hydrogens is 229 g/mol. The Kier molecular flexibility index (Phi) is 4.46. The van der Waals surface area contributed by atoms with Gasteiger partial charge in [0.25, 0.3) is 0 Å². The van der Waals surface area contributed by atoms with Gasteiger partial charge in [-0.2, -0.15) is 5.10 Å². The quantitative estimate of drug-likeness (QED) is 0.893. The van der Waals surface area contributed by atoms with Crippen LogP contribution in [0.3, 0.4) is 0 Å². The average molecular weight is 242 g/mol. The highest BCUT2D eigenvalue weighted by Gasteiger charge is 2.01. The van der Waals surface area contributed by atoms with E-state index in [1.807, 2.05) is 12.1 Å². The first-order chi connectivity index (χ1) is 7.29. The fourth-order valence-electron chi connectivity index (χ4n) is 1.48. The molecule has 0 aliphatic carbocycles. The predicted octanol–water partition coefficient (Wildman–Crippen LogP) is 1.95. The molecule has 0 amide bonds. The van der Waals surface area contributed by atoms with E-state index in [1.54, 1.807) is 16.9 Å². The molecule has 2 aromatic rings. The van der Waals surface area contributed by atoms with Crippen LogP contribution >= 0.6 is 12.4 Å². The lowest BCUT2D eigenvalue weighted by Crippen LogP contribution is -2.09. The maximum Gasteiger partial charge on any atom is 0.123 e. The predicted molar refractivity (Wildman–Crippen MR) is 62.9 cm³/mol. The zero-order chi connectivity index (χ0) is 10.7. The lowest BCUT2D eigenvalue weighted by molar-refractivity contribution is 0.613. The molecule has 2 rings (SSSR count). The minimum atomic E-state index is -0.228. The Bertz CT molecular complexity index is 456. The van der Waals surface area contributed by atoms with Gasteiger partial charge in [-0.25, -0.2) is 4.39 Å². The van der Waals surface area contributed by atoms with Crippen molar-refractivity contribution in [2.45, 2.75) is 13.1 Å². The highest BCUT2D eigenvalue weighted by molar-refractivity contribution is 5.85. The summed E-state index contributed by atoms with van der Waals surface area (Å²) in [6.45, 7) is 0.993. The molecule has 1 aromatic carbocycles. The summed E-state index contributed by atoms with van der Waals surface area (Å²) < 4.78 is 14.7. The van der Waals surface area contributed by atoms with Crippen LogP contribution < -0.4 is 5.73 Å². The number of hydrogen-bond acceptors (Lipinski definition) is 2. The van der Waals surface area contributed by atoms with Crippen molar-refractivity contribution in [3.05, 3.63) is 53.6 Å². The molecule has 0 radical (unpaired) electrons. The standard InChI is InChI=1S/C11H12FN3.ClH/c12-10-3-1-2-9(6-10)8-15-11(7-13)4-5-14-15;/h1-6H,7-8,13H2;1H. The van der Waals surface area contributed by atoms with Gasteiger partial charge in [0.2, 0.25) is 0 Å². The Morgan fingerprint density at radius 3 is 2.81 bits per heavy atom. The Balaban J connectivity index is 0.00000128. The number of benzene rings is 1. The van der Waals surface area contributed by atoms with Gasteiger partial charge >= 0.3 is 0 Å². The molecule has 5 heteroatoms. The van der Waals surface area contributed by atoms with Crippen molar-refractivity contribution in [1.82, 2.24) is 9.78 Å². The van der Waals surface area contributed by atoms with Gasteiger partial charge in [-0.05, 0) is 23.8 Å². The molecule has 0 aliphatic rings. The summed E-state index contributed by atoms with van der Waals surface area (Å²) in [7, 11) is 0. The van der Waals surface area contributed by atoms with Gasteiger partial charge in [-0.3, -0.25) is 4.68 Å². The third-order valence-corrected chi connectivity index (χ3v) is 2.24. The Morgan fingerprint density at radius 2 is 2.12 bits per heavy atom. The van der Waals surface area contributed by atoms with Crippen LogP contribution in [0, 0.1) is 5.82 Å². The summed E-state index contributed by atoms with van der Waals surface area (Å²) in [5.41, 5.74) is 7.37. The molecule has 1 aromatic heterocycles. The summed E-state index contributed by atoms with van der Waals surface area (Å²) in [6.07, 6.45) is 1.70. The van der Waals surface area contributed by atoms with E-state index in [1.165, 1.54) is 12.1 Å². The Morgan fingerprint density at radius 1 is 1.31 bits per heavy atom. The van der Waals surface area contributed by atoms with Gasteiger partial charge in [-0.15, -0.1) is 12.4 Å². The maximum atomic E-state index is 12.9. The first-order valence-corrected chi connectivity index (χ1v) is 4.75. The molecule has 0 spiro atoms. The molecular formula is C11H13ClFN3. The monoisotopic (exact) mass is 241 g/mol. The molecule has 0 saturated carbocycles. The molecule has 2 N–H and O–H groups in total. The highest BCUT2D eigenvalue weighted by atomic mass is 35.5. The second-order valence-corrected chi connectivity index (χ2v) is 3.31. The van der Waals surface area contributed by atoms with Crippen LogP contribution in [0.4, 0.5) is 4.39 Å². The molecule has 86 valence electrons. The van der Waals surface area contributed by atoms with E-state index >= 15 is 0 Å². The molecule has 0 saturated heterocycles. The van der Waals surface area contributed by atoms with E-state index in [0.29, 0.717) is 13.1 Å². The number of nitrogens with zero attached hydrogens (tertiary/aromatic N) is 2. The Labute approximate surface area is 99.5 Å². The normalized spacial score (nSPS) is 9.88. The van der Waals surface area contributed by atoms with Crippen LogP contribution in [-0.2, 0) is 13.1 Å². The van der Waals surface area contributed by atoms with Crippen molar-refractivity contribution in [3.8, 4) is 0 Å². The zero-order valence-corrected chi connectivity index (χ0v) is 9.45. The molecule has 0 unspecified atom stereocenters. The van der Waals surface area contributed by atoms with E-state index < -0.39 is 0 Å². The van der Waals surface area contributed by atoms with Crippen LogP contribution in [0.1, 0.15) is 11.3 Å². The lowest BCUT2D eigenvalue weighted by Gasteiger charge is -2.05. The number of hydrogen-bond donors (Lipinski definition) is 1. The zero-order valence-electron chi connectivity index (χ0n) is 8.64. The summed E-state index contributed by atoms with van der Waals surface area (Å²) in [6, 6.07) is 8.35. The van der Waals surface area contributed by atoms with Crippen LogP contribution in [0.25, 0.3) is 0 Å². The van der Waals surface area contributed by atoms with E-state index in [9.17, 15) is 4.39 Å². The van der Waals surface area contributed by atoms with Gasteiger partial charge in [-0.1, -0.05) is 12.1 Å². The van der Waals surface area contributed by atoms with Gasteiger partial charge in [0.1, 0.15) is 5.82 Å². The Hall–Kier alpha value is -1.39. The fourth-order valence-corrected chi connectivity index (χ4v) is 1.48. The van der Waals surface area contributed by atoms with Crippen LogP contribution in [0.15, 0.2) is 36.5 Å². The largest absolute Gasteiger partial charge is 0.325 e. The van der Waals surface area contributed by atoms with Crippen LogP contribution in [-0.4, -0.2) is 9.78 Å². The molecule has 0 fully saturated rings. The number of rotatable bonds is 3. The van der Waals surface area contributed by atoms with Gasteiger partial charge in [0, 0.05) is 12.7 Å². The number of nitrogens with two attached hydrogens (primary N) is 1. The molecule has 3 nitrogen and oxygen atoms in total. The maximum absolute atomic E-state index is 12.9. The molecule has 0 atom stereocenters. The van der Waals surface area contributed by atoms with Crippen LogP contribution in [0.2, 0.25) is 0 Å². The summed E-state index contributed by atoms with van der Waals surface area (Å²) in [4.78, 5) is 0. The summed E-state index contributed by atoms with van der Waals surface area (Å²) in [5, 5.41) is 4.13. The fraction of sp³-hybridized carbons (Fsp3) is 0.182. The van der Waals surface area contributed by atoms with E-state index in [2.05, 4.69) is 5.10 Å². The molecule has 0 aliphatic heterocycles. The number of halogens is 2. The minimum Gasteiger partial charge on any atom is -0.325 e. The van der Waals surface area contributed by atoms with Gasteiger partial charge < -0.3 is 5.73 Å². The third-order valence-electron chi connectivity index (χ3n) is 2.24. The molecule has 1 heterocycles. The summed E-state index contributed by atoms with van der Waals surface area (Å²) >= 11 is 0. The first-order valence-electron chi connectivity index (χ1n) is 4.75. The van der Waals surface area contributed by atoms with Crippen molar-refractivity contribution in [1.29, 1.82) is 0 Å². The van der Waals surface area contributed by atoms with E-state index in [0.717, 1.165) is 11.3 Å². The van der Waals surface area contributed by atoms with Crippen molar-refractivity contribution < 1.29 is 4.39 Å². The second kappa shape index (κ2) is 5.63. The molecule has 16 heavy (non-hydrogen) atoms. The van der Waals surface area contributed by atoms with Crippen molar-refractivity contribution in [3.63, 3.8) is 0 Å². The van der Waals surface area contributed by atoms with Crippen LogP contribution in [0.5, 0.6) is 0 Å². The van der Waals surface area contributed by atoms with Gasteiger partial charge in [0.15, 0.2) is 0 Å². The summed E-state index contributed by atoms with van der Waals surface area (Å²) in [5.74, 6) is -0.228. The third kappa shape index (κ3) is 2.81. The first kappa shape index (κ1) is 12.7. The second-order valence-electron chi connectivity index (χ2n) is 3.31. The number of aromatic nitrogens is 2. The SMILES string of the molecule is Cl.NCc1ccnn1Cc1cccc(F)c1. The average Bonchev–Trinajstić information content (AvgIpc) is 2.65. The van der Waals surface area contributed by atoms with Crippen molar-refractivity contribution >= 4 is 12.4 Å².